The monoisotopic (exact) mass is 313 g/mol. The minimum absolute atomic E-state index is 0.0981. The highest BCUT2D eigenvalue weighted by molar-refractivity contribution is 5.80. The first kappa shape index (κ1) is 16.5. The molecule has 23 heavy (non-hydrogen) atoms. The molecule has 5 nitrogen and oxygen atoms in total. The van der Waals surface area contributed by atoms with Gasteiger partial charge in [-0.25, -0.2) is 0 Å². The van der Waals surface area contributed by atoms with Gasteiger partial charge in [-0.3, -0.25) is 9.59 Å². The van der Waals surface area contributed by atoms with Crippen molar-refractivity contribution in [3.63, 3.8) is 0 Å². The summed E-state index contributed by atoms with van der Waals surface area (Å²) in [4.78, 5) is 23.1. The van der Waals surface area contributed by atoms with Gasteiger partial charge in [0.15, 0.2) is 6.61 Å². The topological polar surface area (TPSA) is 64.6 Å². The van der Waals surface area contributed by atoms with Crippen molar-refractivity contribution in [2.75, 3.05) is 13.2 Å². The van der Waals surface area contributed by atoms with E-state index in [0.717, 1.165) is 5.56 Å². The molecule has 0 heterocycles. The quantitative estimate of drug-likeness (QED) is 0.760. The summed E-state index contributed by atoms with van der Waals surface area (Å²) in [6, 6.07) is 18.7. The van der Waals surface area contributed by atoms with E-state index in [-0.39, 0.29) is 25.5 Å². The Balaban J connectivity index is 1.57. The zero-order chi connectivity index (χ0) is 16.3. The molecule has 0 atom stereocenters. The molecule has 2 aromatic carbocycles. The molecule has 0 radical (unpaired) electrons. The summed E-state index contributed by atoms with van der Waals surface area (Å²) in [5, 5.41) is 2.69. The molecule has 0 saturated heterocycles. The molecular weight excluding hydrogens is 294 g/mol. The first-order chi connectivity index (χ1) is 11.2. The van der Waals surface area contributed by atoms with Crippen molar-refractivity contribution in [1.82, 2.24) is 5.32 Å². The van der Waals surface area contributed by atoms with E-state index in [9.17, 15) is 9.59 Å². The summed E-state index contributed by atoms with van der Waals surface area (Å²) in [6.07, 6.45) is 0.0981. The van der Waals surface area contributed by atoms with Crippen molar-refractivity contribution in [2.24, 2.45) is 0 Å². The molecule has 0 aromatic heterocycles. The lowest BCUT2D eigenvalue weighted by Gasteiger charge is -2.07. The Labute approximate surface area is 135 Å². The fourth-order valence-corrected chi connectivity index (χ4v) is 1.83. The van der Waals surface area contributed by atoms with Gasteiger partial charge < -0.3 is 14.8 Å². The Morgan fingerprint density at radius 2 is 1.57 bits per heavy atom. The van der Waals surface area contributed by atoms with Gasteiger partial charge in [-0.2, -0.15) is 0 Å². The highest BCUT2D eigenvalue weighted by Gasteiger charge is 2.07. The molecular formula is C18H19NO4. The second-order valence-electron chi connectivity index (χ2n) is 4.83. The molecule has 120 valence electrons. The van der Waals surface area contributed by atoms with Crippen LogP contribution >= 0.6 is 0 Å². The number of para-hydroxylation sites is 1. The summed E-state index contributed by atoms with van der Waals surface area (Å²) in [7, 11) is 0. The van der Waals surface area contributed by atoms with Crippen molar-refractivity contribution in [2.45, 2.75) is 13.0 Å². The van der Waals surface area contributed by atoms with Crippen LogP contribution in [-0.2, 0) is 20.9 Å². The van der Waals surface area contributed by atoms with E-state index in [0.29, 0.717) is 12.3 Å². The van der Waals surface area contributed by atoms with Gasteiger partial charge in [0.25, 0.3) is 5.91 Å². The van der Waals surface area contributed by atoms with E-state index in [4.69, 9.17) is 9.47 Å². The number of hydrogen-bond acceptors (Lipinski definition) is 4. The van der Waals surface area contributed by atoms with Gasteiger partial charge in [0.1, 0.15) is 5.75 Å². The van der Waals surface area contributed by atoms with Crippen LogP contribution < -0.4 is 10.1 Å². The minimum atomic E-state index is -0.462. The predicted molar refractivity (Wildman–Crippen MR) is 85.8 cm³/mol. The van der Waals surface area contributed by atoms with Crippen LogP contribution in [0.4, 0.5) is 0 Å². The minimum Gasteiger partial charge on any atom is -0.493 e. The maximum absolute atomic E-state index is 11.6. The van der Waals surface area contributed by atoms with E-state index < -0.39 is 5.97 Å². The van der Waals surface area contributed by atoms with Gasteiger partial charge in [0, 0.05) is 6.54 Å². The van der Waals surface area contributed by atoms with Crippen molar-refractivity contribution in [3.05, 3.63) is 66.2 Å². The predicted octanol–water partition coefficient (Wildman–Crippen LogP) is 2.32. The molecule has 0 aliphatic carbocycles. The molecule has 0 fully saturated rings. The van der Waals surface area contributed by atoms with Crippen molar-refractivity contribution in [3.8, 4) is 5.75 Å². The lowest BCUT2D eigenvalue weighted by molar-refractivity contribution is -0.149. The van der Waals surface area contributed by atoms with E-state index in [1.807, 2.05) is 60.7 Å². The Hall–Kier alpha value is -2.82. The maximum Gasteiger partial charge on any atom is 0.309 e. The summed E-state index contributed by atoms with van der Waals surface area (Å²) >= 11 is 0. The van der Waals surface area contributed by atoms with Crippen LogP contribution in [0.1, 0.15) is 12.0 Å². The first-order valence-corrected chi connectivity index (χ1v) is 7.38. The maximum atomic E-state index is 11.6. The summed E-state index contributed by atoms with van der Waals surface area (Å²) in [5.74, 6) is -0.0946. The molecule has 0 bridgehead atoms. The fraction of sp³-hybridized carbons (Fsp3) is 0.222. The Morgan fingerprint density at radius 1 is 0.913 bits per heavy atom. The molecule has 5 heteroatoms. The molecule has 2 rings (SSSR count). The van der Waals surface area contributed by atoms with Crippen LogP contribution in [0.3, 0.4) is 0 Å². The zero-order valence-corrected chi connectivity index (χ0v) is 12.7. The number of carbonyl (C=O) groups excluding carboxylic acids is 2. The second kappa shape index (κ2) is 9.25. The van der Waals surface area contributed by atoms with E-state index in [2.05, 4.69) is 5.32 Å². The standard InChI is InChI=1S/C18H19NO4/c20-17(19-13-15-7-3-1-4-8-15)14-23-18(21)11-12-22-16-9-5-2-6-10-16/h1-10H,11-14H2,(H,19,20). The van der Waals surface area contributed by atoms with Crippen molar-refractivity contribution in [1.29, 1.82) is 0 Å². The third kappa shape index (κ3) is 6.65. The smallest absolute Gasteiger partial charge is 0.309 e. The van der Waals surface area contributed by atoms with Gasteiger partial charge >= 0.3 is 5.97 Å². The summed E-state index contributed by atoms with van der Waals surface area (Å²) in [5.41, 5.74) is 0.989. The van der Waals surface area contributed by atoms with Crippen molar-refractivity contribution < 1.29 is 19.1 Å². The molecule has 0 unspecified atom stereocenters. The van der Waals surface area contributed by atoms with Gasteiger partial charge in [-0.15, -0.1) is 0 Å². The van der Waals surface area contributed by atoms with E-state index in [1.54, 1.807) is 0 Å². The third-order valence-corrected chi connectivity index (χ3v) is 3.01. The number of amides is 1. The van der Waals surface area contributed by atoms with Crippen LogP contribution in [0.2, 0.25) is 0 Å². The van der Waals surface area contributed by atoms with E-state index >= 15 is 0 Å². The summed E-state index contributed by atoms with van der Waals surface area (Å²) in [6.45, 7) is 0.347. The molecule has 0 aliphatic heterocycles. The summed E-state index contributed by atoms with van der Waals surface area (Å²) < 4.78 is 10.3. The Bertz CT molecular complexity index is 613. The van der Waals surface area contributed by atoms with Crippen LogP contribution in [-0.4, -0.2) is 25.1 Å². The number of esters is 1. The van der Waals surface area contributed by atoms with Crippen molar-refractivity contribution >= 4 is 11.9 Å². The number of nitrogens with one attached hydrogen (secondary N) is 1. The number of hydrogen-bond donors (Lipinski definition) is 1. The van der Waals surface area contributed by atoms with E-state index in [1.165, 1.54) is 0 Å². The van der Waals surface area contributed by atoms with Crippen LogP contribution in [0.5, 0.6) is 5.75 Å². The van der Waals surface area contributed by atoms with Crippen LogP contribution in [0, 0.1) is 0 Å². The lowest BCUT2D eigenvalue weighted by Crippen LogP contribution is -2.28. The lowest BCUT2D eigenvalue weighted by atomic mass is 10.2. The number of carbonyl (C=O) groups is 2. The molecule has 2 aromatic rings. The molecule has 1 amide bonds. The average Bonchev–Trinajstić information content (AvgIpc) is 2.60. The zero-order valence-electron chi connectivity index (χ0n) is 12.7. The number of rotatable bonds is 8. The highest BCUT2D eigenvalue weighted by Crippen LogP contribution is 2.08. The van der Waals surface area contributed by atoms with Gasteiger partial charge in [0.2, 0.25) is 0 Å². The SMILES string of the molecule is O=C(COC(=O)CCOc1ccccc1)NCc1ccccc1. The molecule has 0 saturated carbocycles. The largest absolute Gasteiger partial charge is 0.493 e. The van der Waals surface area contributed by atoms with Gasteiger partial charge in [-0.1, -0.05) is 48.5 Å². The average molecular weight is 313 g/mol. The second-order valence-corrected chi connectivity index (χ2v) is 4.83. The van der Waals surface area contributed by atoms with Crippen LogP contribution in [0.25, 0.3) is 0 Å². The first-order valence-electron chi connectivity index (χ1n) is 7.38. The normalized spacial score (nSPS) is 9.91. The van der Waals surface area contributed by atoms with Gasteiger partial charge in [0.05, 0.1) is 13.0 Å². The molecule has 0 spiro atoms. The number of ether oxygens (including phenoxy) is 2. The molecule has 1 N–H and O–H groups in total. The van der Waals surface area contributed by atoms with Gasteiger partial charge in [-0.05, 0) is 17.7 Å². The third-order valence-electron chi connectivity index (χ3n) is 3.01. The Morgan fingerprint density at radius 3 is 2.26 bits per heavy atom. The van der Waals surface area contributed by atoms with Crippen LogP contribution in [0.15, 0.2) is 60.7 Å². The number of benzene rings is 2. The Kier molecular flexibility index (Phi) is 6.65. The molecule has 0 aliphatic rings. The highest BCUT2D eigenvalue weighted by atomic mass is 16.5. The fourth-order valence-electron chi connectivity index (χ4n) is 1.83.